The van der Waals surface area contributed by atoms with E-state index in [2.05, 4.69) is 34.4 Å². The Hall–Kier alpha value is -5.85. The van der Waals surface area contributed by atoms with Gasteiger partial charge in [0.2, 0.25) is 0 Å². The van der Waals surface area contributed by atoms with Crippen molar-refractivity contribution in [1.82, 2.24) is 15.1 Å². The average Bonchev–Trinajstić information content (AvgIpc) is 3.85. The first kappa shape index (κ1) is 57.4. The van der Waals surface area contributed by atoms with Crippen LogP contribution in [0.15, 0.2) is 46.1 Å². The number of hydrogen-bond acceptors (Lipinski definition) is 18. The van der Waals surface area contributed by atoms with Gasteiger partial charge in [-0.25, -0.2) is 9.79 Å². The van der Waals surface area contributed by atoms with E-state index in [4.69, 9.17) is 28.7 Å². The first-order chi connectivity index (χ1) is 34.8. The molecule has 5 N–H and O–H groups in total. The molecule has 4 bridgehead atoms. The monoisotopic (exact) mass is 1070 g/mol. The number of esters is 2. The number of nitrogens with one attached hydrogen (secondary N) is 2. The van der Waals surface area contributed by atoms with Crippen LogP contribution in [-0.2, 0) is 42.5 Å². The van der Waals surface area contributed by atoms with Gasteiger partial charge in [-0.05, 0) is 25.8 Å². The van der Waals surface area contributed by atoms with Gasteiger partial charge >= 0.3 is 23.8 Å². The third-order valence-electron chi connectivity index (χ3n) is 14.3. The Labute approximate surface area is 432 Å². The topological polar surface area (TPSA) is 282 Å². The number of phenols is 2. The number of aliphatic hydroxyl groups excluding tert-OH is 1. The van der Waals surface area contributed by atoms with Crippen molar-refractivity contribution >= 4 is 63.0 Å². The van der Waals surface area contributed by atoms with Crippen molar-refractivity contribution in [2.24, 2.45) is 39.6 Å². The zero-order valence-electron chi connectivity index (χ0n) is 43.8. The fourth-order valence-corrected chi connectivity index (χ4v) is 10.7. The Kier molecular flexibility index (Phi) is 18.1. The van der Waals surface area contributed by atoms with Gasteiger partial charge in [-0.15, -0.1) is 0 Å². The molecule has 2 aromatic carbocycles. The largest absolute Gasteiger partial charge is 0.507 e. The minimum absolute atomic E-state index is 0.00616. The predicted molar refractivity (Wildman–Crippen MR) is 272 cm³/mol. The van der Waals surface area contributed by atoms with Crippen LogP contribution in [-0.4, -0.2) is 137 Å². The van der Waals surface area contributed by atoms with E-state index in [0.717, 1.165) is 11.4 Å². The number of allylic oxidation sites excluding steroid dienone is 2. The number of urea groups is 1. The van der Waals surface area contributed by atoms with Crippen LogP contribution in [0.2, 0.25) is 0 Å². The van der Waals surface area contributed by atoms with Gasteiger partial charge in [0.15, 0.2) is 28.2 Å². The van der Waals surface area contributed by atoms with E-state index < -0.39 is 130 Å². The van der Waals surface area contributed by atoms with Crippen LogP contribution in [0.1, 0.15) is 91.1 Å². The van der Waals surface area contributed by atoms with Crippen molar-refractivity contribution in [2.75, 3.05) is 45.7 Å². The van der Waals surface area contributed by atoms with E-state index in [1.54, 1.807) is 33.8 Å². The number of piperidine rings is 1. The number of aromatic hydroxyl groups is 2. The number of methoxy groups -OCH3 is 1. The lowest BCUT2D eigenvalue weighted by molar-refractivity contribution is -0.165. The molecule has 0 unspecified atom stereocenters. The highest BCUT2D eigenvalue weighted by molar-refractivity contribution is 7.44. The van der Waals surface area contributed by atoms with Gasteiger partial charge in [0.05, 0.1) is 35.1 Å². The van der Waals surface area contributed by atoms with Gasteiger partial charge in [0.25, 0.3) is 11.7 Å². The zero-order chi connectivity index (χ0) is 54.7. The summed E-state index contributed by atoms with van der Waals surface area (Å²) in [5, 5.41) is 42.0. The number of rotatable bonds is 10. The maximum absolute atomic E-state index is 14.9. The normalized spacial score (nSPS) is 29.3. The molecule has 74 heavy (non-hydrogen) atoms. The molecule has 0 radical (unpaired) electrons. The molecular weight excluding hydrogens is 999 g/mol. The molecule has 4 aliphatic heterocycles. The fourth-order valence-electron chi connectivity index (χ4n) is 10.2. The Balaban J connectivity index is 1.51. The summed E-state index contributed by atoms with van der Waals surface area (Å²) in [6, 6.07) is -0.862. The number of benzene rings is 2. The lowest BCUT2D eigenvalue weighted by Crippen LogP contribution is -2.48. The molecule has 21 nitrogen and oxygen atoms in total. The molecule has 0 saturated carbocycles. The third-order valence-corrected chi connectivity index (χ3v) is 15.5. The lowest BCUT2D eigenvalue weighted by Gasteiger charge is -2.39. The molecule has 1 spiro atoms. The quantitative estimate of drug-likeness (QED) is 0.107. The van der Waals surface area contributed by atoms with E-state index in [0.29, 0.717) is 31.8 Å². The molecule has 3 amide bonds. The second kappa shape index (κ2) is 23.4. The van der Waals surface area contributed by atoms with Gasteiger partial charge in [-0.3, -0.25) is 33.3 Å². The summed E-state index contributed by atoms with van der Waals surface area (Å²) in [5.74, 6) is -8.77. The zero-order valence-corrected chi connectivity index (χ0v) is 45.6. The lowest BCUT2D eigenvalue weighted by atomic mass is 9.78. The number of likely N-dealkylation sites (N-methyl/N-ethyl adjacent to an activating group) is 1. The molecule has 9 atom stereocenters. The SMILES string of the molecule is CO[C@H]1/C=C/O[C@@]2(C)Oc3c(C)c(O)c4c(O)c(c5c(c4c3C2=O)NC2(CCN(CC(C)C)CC2)N=5)=NC(=O)/C(C)=C\C=C\[C@H](C)[C@H](OC(=O)CN(C)C(=O)NC(P=O)P=O)[C@@H](C)[C@@H](O)[C@@H](C)[C@H](OC(C)=O)[C@@H]1C. The van der Waals surface area contributed by atoms with E-state index in [9.17, 15) is 48.4 Å². The maximum Gasteiger partial charge on any atom is 0.326 e. The highest BCUT2D eigenvalue weighted by Gasteiger charge is 2.51. The first-order valence-corrected chi connectivity index (χ1v) is 26.3. The molecule has 0 aromatic heterocycles. The molecular formula is C51H68N6O15P2. The molecule has 2 aromatic rings. The predicted octanol–water partition coefficient (Wildman–Crippen LogP) is 5.81. The van der Waals surface area contributed by atoms with Gasteiger partial charge in [-0.1, -0.05) is 59.8 Å². The summed E-state index contributed by atoms with van der Waals surface area (Å²) < 4.78 is 52.8. The van der Waals surface area contributed by atoms with Gasteiger partial charge in [0, 0.05) is 101 Å². The highest BCUT2D eigenvalue weighted by atomic mass is 31.1. The second-order valence-corrected chi connectivity index (χ2v) is 22.2. The number of anilines is 1. The first-order valence-electron chi connectivity index (χ1n) is 24.6. The number of phenolic OH excluding ortho intramolecular Hbond substituents is 2. The highest BCUT2D eigenvalue weighted by Crippen LogP contribution is 2.51. The smallest absolute Gasteiger partial charge is 0.326 e. The third kappa shape index (κ3) is 11.8. The van der Waals surface area contributed by atoms with E-state index in [-0.39, 0.29) is 49.6 Å². The molecule has 6 rings (SSSR count). The summed E-state index contributed by atoms with van der Waals surface area (Å²) in [7, 11) is 1.46. The summed E-state index contributed by atoms with van der Waals surface area (Å²) in [6.07, 6.45) is 4.03. The molecule has 0 aliphatic carbocycles. The van der Waals surface area contributed by atoms with Crippen LogP contribution in [0.25, 0.3) is 10.8 Å². The number of aliphatic hydroxyl groups is 1. The second-order valence-electron chi connectivity index (χ2n) is 20.3. The maximum atomic E-state index is 14.9. The van der Waals surface area contributed by atoms with Crippen LogP contribution in [0.5, 0.6) is 17.2 Å². The van der Waals surface area contributed by atoms with Crippen molar-refractivity contribution in [3.63, 3.8) is 0 Å². The van der Waals surface area contributed by atoms with Crippen molar-refractivity contribution in [3.8, 4) is 17.2 Å². The number of carbonyl (C=O) groups is 5. The molecule has 4 heterocycles. The van der Waals surface area contributed by atoms with Crippen LogP contribution < -0.4 is 26.1 Å². The number of hydrogen-bond donors (Lipinski definition) is 5. The summed E-state index contributed by atoms with van der Waals surface area (Å²) in [6.45, 7) is 18.3. The van der Waals surface area contributed by atoms with Crippen LogP contribution in [0.3, 0.4) is 0 Å². The molecule has 4 aliphatic rings. The van der Waals surface area contributed by atoms with Crippen molar-refractivity contribution < 1.29 is 72.1 Å². The number of amides is 3. The van der Waals surface area contributed by atoms with E-state index in [1.807, 2.05) is 0 Å². The Morgan fingerprint density at radius 2 is 1.62 bits per heavy atom. The summed E-state index contributed by atoms with van der Waals surface area (Å²) >= 11 is 0. The Morgan fingerprint density at radius 3 is 2.23 bits per heavy atom. The van der Waals surface area contributed by atoms with Crippen molar-refractivity contribution in [1.29, 1.82) is 0 Å². The van der Waals surface area contributed by atoms with Crippen LogP contribution in [0.4, 0.5) is 10.5 Å². The van der Waals surface area contributed by atoms with E-state index >= 15 is 0 Å². The number of ether oxygens (including phenoxy) is 5. The number of carbonyl (C=O) groups excluding carboxylic acids is 5. The fraction of sp³-hybridized carbons (Fsp3) is 0.588. The van der Waals surface area contributed by atoms with Gasteiger partial charge < -0.3 is 59.4 Å². The number of fused-ring (bicyclic) bond motifs is 1. The Morgan fingerprint density at radius 1 is 0.973 bits per heavy atom. The van der Waals surface area contributed by atoms with Crippen LogP contribution in [0, 0.1) is 36.5 Å². The number of ketones is 1. The minimum Gasteiger partial charge on any atom is -0.507 e. The van der Waals surface area contributed by atoms with Gasteiger partial charge in [-0.2, -0.15) is 0 Å². The van der Waals surface area contributed by atoms with Gasteiger partial charge in [0.1, 0.15) is 46.6 Å². The van der Waals surface area contributed by atoms with Crippen molar-refractivity contribution in [2.45, 2.75) is 123 Å². The number of nitrogens with zero attached hydrogens (tertiary/aromatic N) is 4. The molecule has 1 fully saturated rings. The van der Waals surface area contributed by atoms with E-state index in [1.165, 1.54) is 66.3 Å². The average molecular weight is 1070 g/mol. The summed E-state index contributed by atoms with van der Waals surface area (Å²) in [4.78, 5) is 81.0. The Bertz CT molecular complexity index is 2790. The minimum atomic E-state index is -2.03. The molecule has 1 saturated heterocycles. The summed E-state index contributed by atoms with van der Waals surface area (Å²) in [5.41, 5.74) is -1.69. The molecule has 402 valence electrons. The number of likely N-dealkylation sites (tertiary alicyclic amines) is 1. The molecule has 23 heteroatoms. The number of Topliss-reactive ketones (excluding diaryl/α,β-unsaturated/α-hetero) is 1. The van der Waals surface area contributed by atoms with Crippen molar-refractivity contribution in [3.05, 3.63) is 58.0 Å². The van der Waals surface area contributed by atoms with Crippen LogP contribution >= 0.6 is 16.9 Å². The standard InChI is InChI=1S/C51H68N6O15P2/c1-24(2)22-57-19-17-51(18-20-57)54-37-34-35-41(61)30(8)45-36(34)46(63)50(10,72-45)69-21-16-32(68-12)27(5)44(70-31(9)58)29(7)40(60)28(6)43(71-33(59)23-56(11)48(65)53-49(73-66)74-67)25(3)14-13-15-26(4)47(64)52-39(42(35)62)38(37)55-51/h13-16,21,24-25,27-29,32,40,43-44,49,54,60-62H,17-20,22-23H2,1-12H3,(H,53,65)/b14-13+,21-16+,26-15-,52-39?/t25-,27+,28-,29+,32-,40+,43-,44+,50-/m0/s1.